The van der Waals surface area contributed by atoms with Crippen LogP contribution >= 0.6 is 0 Å². The van der Waals surface area contributed by atoms with E-state index < -0.39 is 23.5 Å². The zero-order valence-corrected chi connectivity index (χ0v) is 18.4. The number of carbonyl (C=O) groups excluding carboxylic acids is 4. The monoisotopic (exact) mass is 464 g/mol. The molecule has 4 heterocycles. The minimum atomic E-state index is -0.737. The molecule has 5 amide bonds. The zero-order chi connectivity index (χ0) is 23.7. The van der Waals surface area contributed by atoms with Crippen LogP contribution in [0.5, 0.6) is 0 Å². The molecule has 0 aliphatic carbocycles. The molecule has 176 valence electrons. The van der Waals surface area contributed by atoms with Crippen molar-refractivity contribution >= 4 is 29.4 Å². The van der Waals surface area contributed by atoms with E-state index in [1.807, 2.05) is 0 Å². The Labute approximate surface area is 195 Å². The highest BCUT2D eigenvalue weighted by Crippen LogP contribution is 2.31. The molecule has 2 saturated heterocycles. The van der Waals surface area contributed by atoms with Gasteiger partial charge in [-0.05, 0) is 36.2 Å². The number of imide groups is 1. The molecule has 0 saturated carbocycles. The summed E-state index contributed by atoms with van der Waals surface area (Å²) in [6.07, 6.45) is 4.87. The van der Waals surface area contributed by atoms with Crippen molar-refractivity contribution in [2.24, 2.45) is 0 Å². The van der Waals surface area contributed by atoms with Crippen LogP contribution in [0, 0.1) is 0 Å². The summed E-state index contributed by atoms with van der Waals surface area (Å²) in [5.41, 5.74) is 0.970. The van der Waals surface area contributed by atoms with Gasteiger partial charge >= 0.3 is 6.03 Å². The van der Waals surface area contributed by atoms with Crippen molar-refractivity contribution in [2.45, 2.75) is 43.8 Å². The van der Waals surface area contributed by atoms with Gasteiger partial charge in [0, 0.05) is 62.7 Å². The van der Waals surface area contributed by atoms with Crippen LogP contribution in [0.3, 0.4) is 0 Å². The van der Waals surface area contributed by atoms with E-state index in [0.29, 0.717) is 55.1 Å². The van der Waals surface area contributed by atoms with Gasteiger partial charge in [0.05, 0.1) is 0 Å². The van der Waals surface area contributed by atoms with E-state index in [9.17, 15) is 19.2 Å². The van der Waals surface area contributed by atoms with Gasteiger partial charge in [-0.1, -0.05) is 0 Å². The van der Waals surface area contributed by atoms with E-state index in [1.54, 1.807) is 36.7 Å². The maximum absolute atomic E-state index is 12.9. The number of anilines is 1. The molecule has 11 heteroatoms. The Hall–Kier alpha value is -3.86. The van der Waals surface area contributed by atoms with Gasteiger partial charge in [-0.2, -0.15) is 0 Å². The minimum Gasteiger partial charge on any atom is -0.381 e. The second kappa shape index (κ2) is 8.82. The van der Waals surface area contributed by atoms with Crippen LogP contribution in [0.1, 0.15) is 47.4 Å². The Morgan fingerprint density at radius 3 is 2.65 bits per heavy atom. The highest BCUT2D eigenvalue weighted by Gasteiger charge is 2.40. The third kappa shape index (κ3) is 4.10. The van der Waals surface area contributed by atoms with Crippen molar-refractivity contribution in [1.82, 2.24) is 25.5 Å². The van der Waals surface area contributed by atoms with Gasteiger partial charge in [-0.15, -0.1) is 0 Å². The molecule has 3 aliphatic rings. The highest BCUT2D eigenvalue weighted by atomic mass is 16.5. The van der Waals surface area contributed by atoms with Crippen molar-refractivity contribution < 1.29 is 23.9 Å². The van der Waals surface area contributed by atoms with Gasteiger partial charge in [0.15, 0.2) is 5.82 Å². The quantitative estimate of drug-likeness (QED) is 0.574. The molecule has 1 atom stereocenters. The fourth-order valence-electron chi connectivity index (χ4n) is 4.70. The lowest BCUT2D eigenvalue weighted by atomic mass is 9.89. The minimum absolute atomic E-state index is 0.196. The second-order valence-electron chi connectivity index (χ2n) is 8.62. The summed E-state index contributed by atoms with van der Waals surface area (Å²) >= 11 is 0. The lowest BCUT2D eigenvalue weighted by Crippen LogP contribution is -2.52. The first-order valence-corrected chi connectivity index (χ1v) is 11.2. The summed E-state index contributed by atoms with van der Waals surface area (Å²) in [5.74, 6) is -0.512. The van der Waals surface area contributed by atoms with Crippen molar-refractivity contribution in [2.75, 3.05) is 18.5 Å². The summed E-state index contributed by atoms with van der Waals surface area (Å²) in [4.78, 5) is 59.6. The molecule has 2 fully saturated rings. The van der Waals surface area contributed by atoms with Crippen LogP contribution in [-0.4, -0.2) is 57.9 Å². The van der Waals surface area contributed by atoms with Gasteiger partial charge in [0.2, 0.25) is 11.8 Å². The van der Waals surface area contributed by atoms with Crippen LogP contribution < -0.4 is 16.0 Å². The number of benzene rings is 1. The number of amides is 5. The molecule has 1 aromatic carbocycles. The average molecular weight is 464 g/mol. The van der Waals surface area contributed by atoms with E-state index in [0.717, 1.165) is 0 Å². The largest absolute Gasteiger partial charge is 0.381 e. The first-order chi connectivity index (χ1) is 16.4. The molecule has 5 rings (SSSR count). The summed E-state index contributed by atoms with van der Waals surface area (Å²) in [6.45, 7) is 1.20. The maximum atomic E-state index is 12.9. The number of hydrogen-bond donors (Lipinski definition) is 3. The molecular formula is C23H24N6O5. The number of hydrogen-bond acceptors (Lipinski definition) is 7. The predicted molar refractivity (Wildman–Crippen MR) is 118 cm³/mol. The first-order valence-electron chi connectivity index (χ1n) is 11.2. The summed E-state index contributed by atoms with van der Waals surface area (Å²) in [7, 11) is 0. The average Bonchev–Trinajstić information content (AvgIpc) is 3.15. The molecular weight excluding hydrogens is 440 g/mol. The van der Waals surface area contributed by atoms with E-state index in [1.165, 1.54) is 4.90 Å². The number of rotatable bonds is 4. The zero-order valence-electron chi connectivity index (χ0n) is 18.4. The summed E-state index contributed by atoms with van der Waals surface area (Å²) < 4.78 is 5.47. The van der Waals surface area contributed by atoms with Gasteiger partial charge in [-0.3, -0.25) is 19.7 Å². The number of ether oxygens (including phenoxy) is 1. The Morgan fingerprint density at radius 1 is 1.15 bits per heavy atom. The fourth-order valence-corrected chi connectivity index (χ4v) is 4.70. The maximum Gasteiger partial charge on any atom is 0.320 e. The molecule has 1 unspecified atom stereocenters. The van der Waals surface area contributed by atoms with Gasteiger partial charge < -0.3 is 20.3 Å². The van der Waals surface area contributed by atoms with Crippen LogP contribution in [0.4, 0.5) is 10.5 Å². The van der Waals surface area contributed by atoms with Crippen molar-refractivity contribution in [3.63, 3.8) is 0 Å². The normalized spacial score (nSPS) is 21.6. The number of aromatic nitrogens is 2. The number of nitrogens with one attached hydrogen (secondary N) is 3. The number of urea groups is 1. The summed E-state index contributed by atoms with van der Waals surface area (Å²) in [6, 6.07) is 5.65. The standard InChI is InChI=1S/C23H24N6O5/c30-18-5-4-17(19(31)27-18)29-13-14-12-15(2-3-16(14)20(29)32)26-22(33)28-23(6-10-34-11-7-23)21-24-8-1-9-25-21/h1-3,8-9,12,17H,4-7,10-11,13H2,(H2,26,28,33)(H,27,30,31). The van der Waals surface area contributed by atoms with Crippen LogP contribution in [-0.2, 0) is 26.4 Å². The lowest BCUT2D eigenvalue weighted by Gasteiger charge is -2.36. The molecule has 0 radical (unpaired) electrons. The molecule has 3 N–H and O–H groups in total. The Kier molecular flexibility index (Phi) is 5.70. The summed E-state index contributed by atoms with van der Waals surface area (Å²) in [5, 5.41) is 8.15. The molecule has 34 heavy (non-hydrogen) atoms. The Morgan fingerprint density at radius 2 is 1.91 bits per heavy atom. The number of piperidine rings is 1. The van der Waals surface area contributed by atoms with Crippen molar-refractivity contribution in [3.05, 3.63) is 53.6 Å². The number of fused-ring (bicyclic) bond motifs is 1. The first kappa shape index (κ1) is 22.0. The smallest absolute Gasteiger partial charge is 0.320 e. The van der Waals surface area contributed by atoms with Gasteiger partial charge in [0.1, 0.15) is 11.6 Å². The SMILES string of the molecule is O=C1CCC(N2Cc3cc(NC(=O)NC4(c5ncccn5)CCOCC4)ccc3C2=O)C(=O)N1. The van der Waals surface area contributed by atoms with Crippen molar-refractivity contribution in [1.29, 1.82) is 0 Å². The third-order valence-corrected chi connectivity index (χ3v) is 6.47. The molecule has 3 aliphatic heterocycles. The van der Waals surface area contributed by atoms with E-state index in [4.69, 9.17) is 4.74 Å². The molecule has 11 nitrogen and oxygen atoms in total. The number of carbonyl (C=O) groups is 4. The molecule has 1 aromatic heterocycles. The van der Waals surface area contributed by atoms with Gasteiger partial charge in [-0.25, -0.2) is 14.8 Å². The van der Waals surface area contributed by atoms with E-state index >= 15 is 0 Å². The molecule has 0 spiro atoms. The van der Waals surface area contributed by atoms with Crippen LogP contribution in [0.2, 0.25) is 0 Å². The molecule has 0 bridgehead atoms. The van der Waals surface area contributed by atoms with Crippen LogP contribution in [0.25, 0.3) is 0 Å². The van der Waals surface area contributed by atoms with Crippen molar-refractivity contribution in [3.8, 4) is 0 Å². The Balaban J connectivity index is 1.29. The van der Waals surface area contributed by atoms with E-state index in [-0.39, 0.29) is 24.8 Å². The lowest BCUT2D eigenvalue weighted by molar-refractivity contribution is -0.136. The highest BCUT2D eigenvalue weighted by molar-refractivity contribution is 6.05. The van der Waals surface area contributed by atoms with E-state index in [2.05, 4.69) is 25.9 Å². The second-order valence-corrected chi connectivity index (χ2v) is 8.62. The third-order valence-electron chi connectivity index (χ3n) is 6.47. The van der Waals surface area contributed by atoms with Crippen LogP contribution in [0.15, 0.2) is 36.7 Å². The van der Waals surface area contributed by atoms with Gasteiger partial charge in [0.25, 0.3) is 5.91 Å². The fraction of sp³-hybridized carbons (Fsp3) is 0.391. The number of nitrogens with zero attached hydrogens (tertiary/aromatic N) is 3. The Bertz CT molecular complexity index is 1150. The topological polar surface area (TPSA) is 143 Å². The molecule has 2 aromatic rings. The predicted octanol–water partition coefficient (Wildman–Crippen LogP) is 1.06.